The summed E-state index contributed by atoms with van der Waals surface area (Å²) in [4.78, 5) is 38.2. The standard InChI is InChI=1S/C62H118O6/c1-4-7-10-13-16-19-22-25-28-31-32-35-37-40-43-46-49-52-55-61(64)67-58-59(68-62(65)56-53-50-47-44-41-38-34-30-27-24-21-18-15-12-9-6-3)57-66-60(63)54-51-48-45-42-39-36-33-29-26-23-20-17-14-11-8-5-2/h30,34,59H,4-29,31-33,35-58H2,1-3H3/b34-30-. The van der Waals surface area contributed by atoms with Gasteiger partial charge in [-0.15, -0.1) is 0 Å². The first kappa shape index (κ1) is 66.2. The van der Waals surface area contributed by atoms with Gasteiger partial charge in [0.15, 0.2) is 6.10 Å². The van der Waals surface area contributed by atoms with Gasteiger partial charge in [0.1, 0.15) is 13.2 Å². The van der Waals surface area contributed by atoms with Gasteiger partial charge in [-0.05, 0) is 44.9 Å². The zero-order valence-corrected chi connectivity index (χ0v) is 46.2. The molecule has 0 saturated carbocycles. The Balaban J connectivity index is 4.31. The van der Waals surface area contributed by atoms with E-state index in [1.54, 1.807) is 0 Å². The topological polar surface area (TPSA) is 78.9 Å². The molecular formula is C62H118O6. The summed E-state index contributed by atoms with van der Waals surface area (Å²) in [6, 6.07) is 0. The van der Waals surface area contributed by atoms with Crippen molar-refractivity contribution in [3.63, 3.8) is 0 Å². The monoisotopic (exact) mass is 959 g/mol. The molecule has 0 aromatic heterocycles. The lowest BCUT2D eigenvalue weighted by molar-refractivity contribution is -0.167. The Morgan fingerprint density at radius 1 is 0.279 bits per heavy atom. The second-order valence-electron chi connectivity index (χ2n) is 21.0. The highest BCUT2D eigenvalue weighted by atomic mass is 16.6. The molecule has 0 amide bonds. The summed E-state index contributed by atoms with van der Waals surface area (Å²) in [6.45, 7) is 6.70. The van der Waals surface area contributed by atoms with Crippen molar-refractivity contribution >= 4 is 17.9 Å². The largest absolute Gasteiger partial charge is 0.462 e. The number of carbonyl (C=O) groups excluding carboxylic acids is 3. The van der Waals surface area contributed by atoms with Crippen LogP contribution in [-0.4, -0.2) is 37.2 Å². The van der Waals surface area contributed by atoms with E-state index in [1.165, 1.54) is 244 Å². The van der Waals surface area contributed by atoms with Crippen molar-refractivity contribution in [2.75, 3.05) is 13.2 Å². The zero-order chi connectivity index (χ0) is 49.3. The minimum atomic E-state index is -0.769. The molecule has 0 aromatic rings. The fraction of sp³-hybridized carbons (Fsp3) is 0.919. The summed E-state index contributed by atoms with van der Waals surface area (Å²) in [5, 5.41) is 0. The molecule has 0 radical (unpaired) electrons. The normalized spacial score (nSPS) is 12.0. The van der Waals surface area contributed by atoms with Crippen molar-refractivity contribution < 1.29 is 28.6 Å². The molecule has 0 fully saturated rings. The van der Waals surface area contributed by atoms with Crippen molar-refractivity contribution in [1.82, 2.24) is 0 Å². The molecule has 402 valence electrons. The Hall–Kier alpha value is -1.85. The fourth-order valence-electron chi connectivity index (χ4n) is 9.38. The van der Waals surface area contributed by atoms with E-state index in [0.29, 0.717) is 19.3 Å². The summed E-state index contributed by atoms with van der Waals surface area (Å²) in [6.07, 6.45) is 66.3. The molecule has 1 unspecified atom stereocenters. The lowest BCUT2D eigenvalue weighted by Gasteiger charge is -2.18. The third-order valence-electron chi connectivity index (χ3n) is 14.0. The molecule has 0 heterocycles. The van der Waals surface area contributed by atoms with Gasteiger partial charge >= 0.3 is 17.9 Å². The average molecular weight is 960 g/mol. The van der Waals surface area contributed by atoms with Crippen molar-refractivity contribution in [2.24, 2.45) is 0 Å². The molecule has 0 aliphatic heterocycles. The SMILES string of the molecule is CCCCCCCCC/C=C\CCCCCCCC(=O)OC(COC(=O)CCCCCCCCCCCCCCCCCC)COC(=O)CCCCCCCCCCCCCCCCCCCC. The van der Waals surface area contributed by atoms with E-state index in [1.807, 2.05) is 0 Å². The van der Waals surface area contributed by atoms with Gasteiger partial charge in [0.05, 0.1) is 0 Å². The van der Waals surface area contributed by atoms with Crippen LogP contribution in [0.15, 0.2) is 12.2 Å². The van der Waals surface area contributed by atoms with Crippen LogP contribution < -0.4 is 0 Å². The van der Waals surface area contributed by atoms with Crippen LogP contribution in [0.2, 0.25) is 0 Å². The van der Waals surface area contributed by atoms with E-state index in [0.717, 1.165) is 64.2 Å². The van der Waals surface area contributed by atoms with Gasteiger partial charge in [0.25, 0.3) is 0 Å². The number of ether oxygens (including phenoxy) is 3. The number of hydrogen-bond donors (Lipinski definition) is 0. The predicted molar refractivity (Wildman–Crippen MR) is 293 cm³/mol. The molecule has 0 saturated heterocycles. The van der Waals surface area contributed by atoms with Crippen molar-refractivity contribution in [3.8, 4) is 0 Å². The molecule has 0 aliphatic carbocycles. The lowest BCUT2D eigenvalue weighted by atomic mass is 10.0. The maximum Gasteiger partial charge on any atom is 0.306 e. The van der Waals surface area contributed by atoms with E-state index in [-0.39, 0.29) is 31.1 Å². The van der Waals surface area contributed by atoms with E-state index < -0.39 is 6.10 Å². The summed E-state index contributed by atoms with van der Waals surface area (Å²) >= 11 is 0. The highest BCUT2D eigenvalue weighted by Crippen LogP contribution is 2.18. The lowest BCUT2D eigenvalue weighted by Crippen LogP contribution is -2.30. The maximum atomic E-state index is 12.9. The second kappa shape index (κ2) is 57.7. The molecule has 0 N–H and O–H groups in total. The smallest absolute Gasteiger partial charge is 0.306 e. The number of hydrogen-bond acceptors (Lipinski definition) is 6. The molecule has 6 heteroatoms. The molecule has 1 atom stereocenters. The van der Waals surface area contributed by atoms with Crippen LogP contribution in [-0.2, 0) is 28.6 Å². The van der Waals surface area contributed by atoms with Crippen molar-refractivity contribution in [2.45, 2.75) is 354 Å². The Kier molecular flexibility index (Phi) is 56.2. The van der Waals surface area contributed by atoms with Crippen LogP contribution in [0.4, 0.5) is 0 Å². The predicted octanol–water partition coefficient (Wildman–Crippen LogP) is 20.5. The number of rotatable bonds is 57. The van der Waals surface area contributed by atoms with Crippen LogP contribution in [0.25, 0.3) is 0 Å². The Bertz CT molecular complexity index is 1060. The molecule has 68 heavy (non-hydrogen) atoms. The summed E-state index contributed by atoms with van der Waals surface area (Å²) < 4.78 is 16.9. The maximum absolute atomic E-state index is 12.9. The van der Waals surface area contributed by atoms with Crippen molar-refractivity contribution in [3.05, 3.63) is 12.2 Å². The van der Waals surface area contributed by atoms with E-state index in [4.69, 9.17) is 14.2 Å². The molecule has 6 nitrogen and oxygen atoms in total. The molecule has 0 aliphatic rings. The van der Waals surface area contributed by atoms with Gasteiger partial charge in [-0.2, -0.15) is 0 Å². The van der Waals surface area contributed by atoms with E-state index in [9.17, 15) is 14.4 Å². The minimum Gasteiger partial charge on any atom is -0.462 e. The van der Waals surface area contributed by atoms with Gasteiger partial charge in [0, 0.05) is 19.3 Å². The summed E-state index contributed by atoms with van der Waals surface area (Å²) in [7, 11) is 0. The second-order valence-corrected chi connectivity index (χ2v) is 21.0. The molecule has 0 rings (SSSR count). The van der Waals surface area contributed by atoms with Crippen LogP contribution in [0.3, 0.4) is 0 Å². The molecule has 0 aromatic carbocycles. The van der Waals surface area contributed by atoms with E-state index >= 15 is 0 Å². The third-order valence-corrected chi connectivity index (χ3v) is 14.0. The van der Waals surface area contributed by atoms with Crippen molar-refractivity contribution in [1.29, 1.82) is 0 Å². The Morgan fingerprint density at radius 2 is 0.485 bits per heavy atom. The van der Waals surface area contributed by atoms with Gasteiger partial charge in [-0.25, -0.2) is 0 Å². The summed E-state index contributed by atoms with van der Waals surface area (Å²) in [5.74, 6) is -0.847. The van der Waals surface area contributed by atoms with E-state index in [2.05, 4.69) is 32.9 Å². The zero-order valence-electron chi connectivity index (χ0n) is 46.2. The van der Waals surface area contributed by atoms with Crippen LogP contribution in [0, 0.1) is 0 Å². The minimum absolute atomic E-state index is 0.0670. The first-order valence-corrected chi connectivity index (χ1v) is 30.7. The Labute approximate surface area is 424 Å². The van der Waals surface area contributed by atoms with Gasteiger partial charge in [0.2, 0.25) is 0 Å². The van der Waals surface area contributed by atoms with Crippen LogP contribution in [0.5, 0.6) is 0 Å². The molecule has 0 spiro atoms. The number of esters is 3. The third kappa shape index (κ3) is 55.1. The molecule has 0 bridgehead atoms. The quantitative estimate of drug-likeness (QED) is 0.0262. The first-order valence-electron chi connectivity index (χ1n) is 30.7. The van der Waals surface area contributed by atoms with Crippen LogP contribution >= 0.6 is 0 Å². The van der Waals surface area contributed by atoms with Gasteiger partial charge in [-0.3, -0.25) is 14.4 Å². The summed E-state index contributed by atoms with van der Waals surface area (Å²) in [5.41, 5.74) is 0. The molecular weight excluding hydrogens is 841 g/mol. The number of allylic oxidation sites excluding steroid dienone is 2. The fourth-order valence-corrected chi connectivity index (χ4v) is 9.38. The highest BCUT2D eigenvalue weighted by Gasteiger charge is 2.19. The van der Waals surface area contributed by atoms with Crippen LogP contribution in [0.1, 0.15) is 348 Å². The number of carbonyl (C=O) groups is 3. The number of unbranched alkanes of at least 4 members (excludes halogenated alkanes) is 44. The highest BCUT2D eigenvalue weighted by molar-refractivity contribution is 5.71. The average Bonchev–Trinajstić information content (AvgIpc) is 3.34. The van der Waals surface area contributed by atoms with Gasteiger partial charge in [-0.1, -0.05) is 296 Å². The van der Waals surface area contributed by atoms with Gasteiger partial charge < -0.3 is 14.2 Å². The Morgan fingerprint density at radius 3 is 0.735 bits per heavy atom. The first-order chi connectivity index (χ1) is 33.5.